The van der Waals surface area contributed by atoms with Crippen molar-refractivity contribution in [3.05, 3.63) is 0 Å². The van der Waals surface area contributed by atoms with Gasteiger partial charge < -0.3 is 0 Å². The number of hydrogen-bond acceptors (Lipinski definition) is 2. The average molecular weight is 165 g/mol. The highest BCUT2D eigenvalue weighted by Gasteiger charge is 2.20. The number of piperidine rings is 1. The molecule has 2 N–H and O–H groups in total. The molecule has 0 aliphatic carbocycles. The van der Waals surface area contributed by atoms with Crippen molar-refractivity contribution in [2.75, 3.05) is 0 Å². The molecule has 1 rings (SSSR count). The summed E-state index contributed by atoms with van der Waals surface area (Å²) < 4.78 is 0. The molecule has 0 aromatic carbocycles. The van der Waals surface area contributed by atoms with E-state index in [1.807, 2.05) is 5.01 Å². The van der Waals surface area contributed by atoms with Gasteiger partial charge in [-0.2, -0.15) is 0 Å². The second-order valence-electron chi connectivity index (χ2n) is 3.08. The molecule has 0 amide bonds. The van der Waals surface area contributed by atoms with Crippen LogP contribution in [0.4, 0.5) is 0 Å². The van der Waals surface area contributed by atoms with Gasteiger partial charge in [0.25, 0.3) is 0 Å². The molecule has 0 aromatic heterocycles. The summed E-state index contributed by atoms with van der Waals surface area (Å²) in [5.74, 6) is 5.76. The topological polar surface area (TPSA) is 29.3 Å². The zero-order chi connectivity index (χ0) is 6.85. The third kappa shape index (κ3) is 2.11. The van der Waals surface area contributed by atoms with E-state index in [1.54, 1.807) is 0 Å². The van der Waals surface area contributed by atoms with Crippen LogP contribution >= 0.6 is 12.4 Å². The van der Waals surface area contributed by atoms with Crippen molar-refractivity contribution < 1.29 is 0 Å². The Kier molecular flexibility index (Phi) is 4.25. The van der Waals surface area contributed by atoms with Crippen LogP contribution in [0.25, 0.3) is 0 Å². The van der Waals surface area contributed by atoms with Gasteiger partial charge in [0.15, 0.2) is 0 Å². The van der Waals surface area contributed by atoms with Crippen molar-refractivity contribution in [3.8, 4) is 0 Å². The lowest BCUT2D eigenvalue weighted by Crippen LogP contribution is -2.48. The number of nitrogens with two attached hydrogens (primary N) is 1. The van der Waals surface area contributed by atoms with Gasteiger partial charge in [-0.25, -0.2) is 5.01 Å². The van der Waals surface area contributed by atoms with Crippen LogP contribution in [0.15, 0.2) is 0 Å². The summed E-state index contributed by atoms with van der Waals surface area (Å²) in [6, 6.07) is 1.18. The molecule has 0 unspecified atom stereocenters. The lowest BCUT2D eigenvalue weighted by Gasteiger charge is -2.34. The SMILES string of the molecule is C[C@@H]1CCC[C@H](C)N1N.Cl. The fraction of sp³-hybridized carbons (Fsp3) is 1.00. The number of hydrazine groups is 1. The Labute approximate surface area is 69.1 Å². The van der Waals surface area contributed by atoms with Gasteiger partial charge in [-0.05, 0) is 26.7 Å². The van der Waals surface area contributed by atoms with Crippen LogP contribution in [-0.2, 0) is 0 Å². The summed E-state index contributed by atoms with van der Waals surface area (Å²) >= 11 is 0. The first-order valence-corrected chi connectivity index (χ1v) is 3.75. The molecule has 0 spiro atoms. The minimum absolute atomic E-state index is 0. The van der Waals surface area contributed by atoms with Gasteiger partial charge >= 0.3 is 0 Å². The quantitative estimate of drug-likeness (QED) is 0.551. The zero-order valence-corrected chi connectivity index (χ0v) is 7.53. The summed E-state index contributed by atoms with van der Waals surface area (Å²) in [7, 11) is 0. The van der Waals surface area contributed by atoms with Crippen LogP contribution in [0.5, 0.6) is 0 Å². The molecule has 0 bridgehead atoms. The minimum atomic E-state index is 0. The highest BCUT2D eigenvalue weighted by molar-refractivity contribution is 5.85. The maximum absolute atomic E-state index is 5.76. The molecule has 2 atom stereocenters. The van der Waals surface area contributed by atoms with Gasteiger partial charge in [0, 0.05) is 12.1 Å². The van der Waals surface area contributed by atoms with Gasteiger partial charge in [0.2, 0.25) is 0 Å². The van der Waals surface area contributed by atoms with E-state index in [0.717, 1.165) is 0 Å². The van der Waals surface area contributed by atoms with Crippen LogP contribution in [0.1, 0.15) is 33.1 Å². The van der Waals surface area contributed by atoms with E-state index >= 15 is 0 Å². The number of hydrogen-bond donors (Lipinski definition) is 1. The van der Waals surface area contributed by atoms with Crippen molar-refractivity contribution in [1.82, 2.24) is 5.01 Å². The predicted octanol–water partition coefficient (Wildman–Crippen LogP) is 1.54. The standard InChI is InChI=1S/C7H16N2.ClH/c1-6-4-3-5-7(2)9(6)8;/h6-7H,3-5,8H2,1-2H3;1H/t6-,7+;. The Morgan fingerprint density at radius 1 is 1.20 bits per heavy atom. The molecule has 1 saturated heterocycles. The Morgan fingerprint density at radius 3 is 1.90 bits per heavy atom. The van der Waals surface area contributed by atoms with E-state index in [0.29, 0.717) is 12.1 Å². The molecule has 0 aromatic rings. The molecule has 1 aliphatic heterocycles. The highest BCUT2D eigenvalue weighted by atomic mass is 35.5. The molecular weight excluding hydrogens is 148 g/mol. The fourth-order valence-electron chi connectivity index (χ4n) is 1.44. The predicted molar refractivity (Wildman–Crippen MR) is 46.0 cm³/mol. The highest BCUT2D eigenvalue weighted by Crippen LogP contribution is 2.18. The molecule has 1 aliphatic rings. The largest absolute Gasteiger partial charge is 0.268 e. The maximum atomic E-state index is 5.76. The molecule has 0 radical (unpaired) electrons. The van der Waals surface area contributed by atoms with E-state index in [4.69, 9.17) is 5.84 Å². The van der Waals surface area contributed by atoms with Crippen molar-refractivity contribution in [2.45, 2.75) is 45.2 Å². The van der Waals surface area contributed by atoms with Gasteiger partial charge in [-0.3, -0.25) is 5.84 Å². The van der Waals surface area contributed by atoms with Crippen molar-refractivity contribution in [1.29, 1.82) is 0 Å². The van der Waals surface area contributed by atoms with Gasteiger partial charge in [0.05, 0.1) is 0 Å². The summed E-state index contributed by atoms with van der Waals surface area (Å²) in [5, 5.41) is 1.98. The Morgan fingerprint density at radius 2 is 1.60 bits per heavy atom. The lowest BCUT2D eigenvalue weighted by molar-refractivity contribution is 0.105. The van der Waals surface area contributed by atoms with E-state index in [9.17, 15) is 0 Å². The maximum Gasteiger partial charge on any atom is 0.0215 e. The fourth-order valence-corrected chi connectivity index (χ4v) is 1.44. The number of rotatable bonds is 0. The van der Waals surface area contributed by atoms with E-state index in [1.165, 1.54) is 19.3 Å². The molecule has 3 heteroatoms. The summed E-state index contributed by atoms with van der Waals surface area (Å²) in [6.45, 7) is 4.38. The van der Waals surface area contributed by atoms with E-state index in [2.05, 4.69) is 13.8 Å². The molecule has 1 fully saturated rings. The molecule has 10 heavy (non-hydrogen) atoms. The Balaban J connectivity index is 0.000000810. The van der Waals surface area contributed by atoms with Gasteiger partial charge in [-0.1, -0.05) is 6.42 Å². The van der Waals surface area contributed by atoms with Gasteiger partial charge in [0.1, 0.15) is 0 Å². The first-order chi connectivity index (χ1) is 4.22. The second-order valence-corrected chi connectivity index (χ2v) is 3.08. The smallest absolute Gasteiger partial charge is 0.0215 e. The minimum Gasteiger partial charge on any atom is -0.268 e. The van der Waals surface area contributed by atoms with Gasteiger partial charge in [-0.15, -0.1) is 12.4 Å². The third-order valence-corrected chi connectivity index (χ3v) is 2.26. The molecule has 0 saturated carbocycles. The number of halogens is 1. The third-order valence-electron chi connectivity index (χ3n) is 2.26. The number of nitrogens with zero attached hydrogens (tertiary/aromatic N) is 1. The molecule has 62 valence electrons. The van der Waals surface area contributed by atoms with Crippen LogP contribution in [0.3, 0.4) is 0 Å². The average Bonchev–Trinajstić information content (AvgIpc) is 1.83. The summed E-state index contributed by atoms with van der Waals surface area (Å²) in [4.78, 5) is 0. The second kappa shape index (κ2) is 4.16. The first kappa shape index (κ1) is 10.2. The molecule has 1 heterocycles. The van der Waals surface area contributed by atoms with Crippen LogP contribution in [-0.4, -0.2) is 17.1 Å². The summed E-state index contributed by atoms with van der Waals surface area (Å²) in [6.07, 6.45) is 3.87. The van der Waals surface area contributed by atoms with Crippen molar-refractivity contribution in [2.24, 2.45) is 5.84 Å². The molecular formula is C7H17ClN2. The summed E-state index contributed by atoms with van der Waals surface area (Å²) in [5.41, 5.74) is 0. The van der Waals surface area contributed by atoms with E-state index in [-0.39, 0.29) is 12.4 Å². The normalized spacial score (nSPS) is 35.1. The van der Waals surface area contributed by atoms with Crippen LogP contribution in [0.2, 0.25) is 0 Å². The first-order valence-electron chi connectivity index (χ1n) is 3.75. The Bertz CT molecular complexity index is 87.6. The van der Waals surface area contributed by atoms with E-state index < -0.39 is 0 Å². The molecule has 2 nitrogen and oxygen atoms in total. The lowest BCUT2D eigenvalue weighted by atomic mass is 10.0. The Hall–Kier alpha value is 0.210. The van der Waals surface area contributed by atoms with Crippen LogP contribution in [0, 0.1) is 0 Å². The van der Waals surface area contributed by atoms with Crippen molar-refractivity contribution in [3.63, 3.8) is 0 Å². The zero-order valence-electron chi connectivity index (χ0n) is 6.71. The monoisotopic (exact) mass is 164 g/mol. The van der Waals surface area contributed by atoms with Crippen molar-refractivity contribution >= 4 is 12.4 Å². The van der Waals surface area contributed by atoms with Crippen LogP contribution < -0.4 is 5.84 Å².